The van der Waals surface area contributed by atoms with E-state index < -0.39 is 0 Å². The highest BCUT2D eigenvalue weighted by atomic mass is 16.5. The molecule has 96 valence electrons. The second kappa shape index (κ2) is 6.01. The zero-order valence-electron chi connectivity index (χ0n) is 11.1. The molecule has 0 unspecified atom stereocenters. The lowest BCUT2D eigenvalue weighted by atomic mass is 10.0. The van der Waals surface area contributed by atoms with E-state index in [4.69, 9.17) is 4.74 Å². The summed E-state index contributed by atoms with van der Waals surface area (Å²) in [6, 6.07) is 17.6. The fourth-order valence-electron chi connectivity index (χ4n) is 1.82. The number of benzene rings is 2. The van der Waals surface area contributed by atoms with E-state index in [1.54, 1.807) is 0 Å². The van der Waals surface area contributed by atoms with Crippen LogP contribution in [0.2, 0.25) is 0 Å². The normalized spacial score (nSPS) is 11.2. The van der Waals surface area contributed by atoms with Gasteiger partial charge in [-0.2, -0.15) is 0 Å². The second-order valence-electron chi connectivity index (χ2n) is 4.33. The average molecular weight is 252 g/mol. The molecule has 0 aromatic heterocycles. The summed E-state index contributed by atoms with van der Waals surface area (Å²) in [6.07, 6.45) is 1.84. The van der Waals surface area contributed by atoms with E-state index in [9.17, 15) is 4.79 Å². The Kier molecular flexibility index (Phi) is 4.14. The Morgan fingerprint density at radius 2 is 1.63 bits per heavy atom. The SMILES string of the molecule is COC(=O)/C(=C/c1ccccc1)c1ccc(C)cc1. The summed E-state index contributed by atoms with van der Waals surface area (Å²) < 4.78 is 4.86. The van der Waals surface area contributed by atoms with Gasteiger partial charge in [-0.05, 0) is 24.1 Å². The molecule has 2 aromatic carbocycles. The second-order valence-corrected chi connectivity index (χ2v) is 4.33. The van der Waals surface area contributed by atoms with Crippen molar-refractivity contribution in [2.45, 2.75) is 6.92 Å². The number of carbonyl (C=O) groups excluding carboxylic acids is 1. The minimum Gasteiger partial charge on any atom is -0.465 e. The summed E-state index contributed by atoms with van der Waals surface area (Å²) in [4.78, 5) is 11.9. The fourth-order valence-corrected chi connectivity index (χ4v) is 1.82. The molecule has 0 saturated carbocycles. The van der Waals surface area contributed by atoms with Crippen LogP contribution in [0.25, 0.3) is 11.6 Å². The topological polar surface area (TPSA) is 26.3 Å². The molecule has 0 aliphatic heterocycles. The minimum absolute atomic E-state index is 0.326. The third kappa shape index (κ3) is 3.32. The summed E-state index contributed by atoms with van der Waals surface area (Å²) >= 11 is 0. The monoisotopic (exact) mass is 252 g/mol. The van der Waals surface area contributed by atoms with E-state index in [2.05, 4.69) is 0 Å². The van der Waals surface area contributed by atoms with Crippen molar-refractivity contribution in [2.24, 2.45) is 0 Å². The molecule has 2 aromatic rings. The predicted molar refractivity (Wildman–Crippen MR) is 77.5 cm³/mol. The molecule has 2 nitrogen and oxygen atoms in total. The highest BCUT2D eigenvalue weighted by molar-refractivity contribution is 6.21. The molecule has 0 radical (unpaired) electrons. The molecule has 0 heterocycles. The first-order valence-corrected chi connectivity index (χ1v) is 6.13. The van der Waals surface area contributed by atoms with E-state index in [-0.39, 0.29) is 5.97 Å². The molecule has 19 heavy (non-hydrogen) atoms. The van der Waals surface area contributed by atoms with E-state index in [0.717, 1.165) is 16.7 Å². The third-order valence-corrected chi connectivity index (χ3v) is 2.88. The number of carbonyl (C=O) groups is 1. The average Bonchev–Trinajstić information content (AvgIpc) is 2.46. The first-order valence-electron chi connectivity index (χ1n) is 6.13. The van der Waals surface area contributed by atoms with Crippen molar-refractivity contribution in [3.63, 3.8) is 0 Å². The van der Waals surface area contributed by atoms with E-state index in [1.165, 1.54) is 7.11 Å². The summed E-state index contributed by atoms with van der Waals surface area (Å²) in [5, 5.41) is 0. The number of methoxy groups -OCH3 is 1. The number of rotatable bonds is 3. The van der Waals surface area contributed by atoms with E-state index in [1.807, 2.05) is 67.6 Å². The van der Waals surface area contributed by atoms with Gasteiger partial charge < -0.3 is 4.74 Å². The summed E-state index contributed by atoms with van der Waals surface area (Å²) in [7, 11) is 1.40. The number of ether oxygens (including phenoxy) is 1. The van der Waals surface area contributed by atoms with Gasteiger partial charge in [0.1, 0.15) is 0 Å². The lowest BCUT2D eigenvalue weighted by molar-refractivity contribution is -0.133. The standard InChI is InChI=1S/C17H16O2/c1-13-8-10-15(11-9-13)16(17(18)19-2)12-14-6-4-3-5-7-14/h3-12H,1-2H3/b16-12+. The Morgan fingerprint density at radius 3 is 2.21 bits per heavy atom. The van der Waals surface area contributed by atoms with Crippen molar-refractivity contribution in [1.82, 2.24) is 0 Å². The van der Waals surface area contributed by atoms with Gasteiger partial charge in [0.25, 0.3) is 0 Å². The number of hydrogen-bond donors (Lipinski definition) is 0. The van der Waals surface area contributed by atoms with Crippen LogP contribution in [0.5, 0.6) is 0 Å². The van der Waals surface area contributed by atoms with Gasteiger partial charge in [0, 0.05) is 0 Å². The molecule has 0 N–H and O–H groups in total. The highest BCUT2D eigenvalue weighted by Gasteiger charge is 2.12. The zero-order chi connectivity index (χ0) is 13.7. The van der Waals surface area contributed by atoms with Crippen LogP contribution in [0, 0.1) is 6.92 Å². The molecule has 0 aliphatic rings. The van der Waals surface area contributed by atoms with Gasteiger partial charge in [0.15, 0.2) is 0 Å². The molecule has 0 aliphatic carbocycles. The van der Waals surface area contributed by atoms with Crippen LogP contribution in [-0.2, 0) is 9.53 Å². The molecule has 0 amide bonds. The van der Waals surface area contributed by atoms with Gasteiger partial charge in [-0.25, -0.2) is 4.79 Å². The molecule has 2 rings (SSSR count). The van der Waals surface area contributed by atoms with Crippen molar-refractivity contribution >= 4 is 17.6 Å². The maximum Gasteiger partial charge on any atom is 0.338 e. The Balaban J connectivity index is 2.45. The Morgan fingerprint density at radius 1 is 1.00 bits per heavy atom. The first-order chi connectivity index (χ1) is 9.20. The van der Waals surface area contributed by atoms with Crippen LogP contribution in [0.15, 0.2) is 54.6 Å². The van der Waals surface area contributed by atoms with Gasteiger partial charge in [-0.1, -0.05) is 60.2 Å². The lowest BCUT2D eigenvalue weighted by Gasteiger charge is -2.06. The fraction of sp³-hybridized carbons (Fsp3) is 0.118. The summed E-state index contributed by atoms with van der Waals surface area (Å²) in [5.41, 5.74) is 3.56. The van der Waals surface area contributed by atoms with Crippen LogP contribution in [0.4, 0.5) is 0 Å². The Hall–Kier alpha value is -2.35. The van der Waals surface area contributed by atoms with Crippen LogP contribution < -0.4 is 0 Å². The highest BCUT2D eigenvalue weighted by Crippen LogP contribution is 2.20. The maximum atomic E-state index is 11.9. The molecule has 0 saturated heterocycles. The van der Waals surface area contributed by atoms with Gasteiger partial charge in [0.2, 0.25) is 0 Å². The molecule has 0 bridgehead atoms. The number of esters is 1. The van der Waals surface area contributed by atoms with Crippen molar-refractivity contribution < 1.29 is 9.53 Å². The van der Waals surface area contributed by atoms with Crippen molar-refractivity contribution in [2.75, 3.05) is 7.11 Å². The quantitative estimate of drug-likeness (QED) is 0.473. The van der Waals surface area contributed by atoms with Gasteiger partial charge in [-0.3, -0.25) is 0 Å². The molecule has 2 heteroatoms. The summed E-state index contributed by atoms with van der Waals surface area (Å²) in [5.74, 6) is -0.326. The number of aryl methyl sites for hydroxylation is 1. The predicted octanol–water partition coefficient (Wildman–Crippen LogP) is 3.71. The molecule has 0 spiro atoms. The lowest BCUT2D eigenvalue weighted by Crippen LogP contribution is -2.03. The minimum atomic E-state index is -0.326. The smallest absolute Gasteiger partial charge is 0.338 e. The largest absolute Gasteiger partial charge is 0.465 e. The molecular weight excluding hydrogens is 236 g/mol. The van der Waals surface area contributed by atoms with Crippen molar-refractivity contribution in [3.8, 4) is 0 Å². The molecule has 0 atom stereocenters. The van der Waals surface area contributed by atoms with Crippen molar-refractivity contribution in [1.29, 1.82) is 0 Å². The van der Waals surface area contributed by atoms with Crippen LogP contribution >= 0.6 is 0 Å². The Labute approximate surface area is 113 Å². The first kappa shape index (κ1) is 13.1. The van der Waals surface area contributed by atoms with E-state index >= 15 is 0 Å². The van der Waals surface area contributed by atoms with Gasteiger partial charge in [0.05, 0.1) is 12.7 Å². The van der Waals surface area contributed by atoms with Gasteiger partial charge >= 0.3 is 5.97 Å². The van der Waals surface area contributed by atoms with Crippen LogP contribution in [-0.4, -0.2) is 13.1 Å². The van der Waals surface area contributed by atoms with Crippen LogP contribution in [0.3, 0.4) is 0 Å². The third-order valence-electron chi connectivity index (χ3n) is 2.88. The van der Waals surface area contributed by atoms with Crippen LogP contribution in [0.1, 0.15) is 16.7 Å². The van der Waals surface area contributed by atoms with Gasteiger partial charge in [-0.15, -0.1) is 0 Å². The Bertz CT molecular complexity index is 580. The summed E-state index contributed by atoms with van der Waals surface area (Å²) in [6.45, 7) is 2.02. The zero-order valence-corrected chi connectivity index (χ0v) is 11.1. The van der Waals surface area contributed by atoms with Crippen molar-refractivity contribution in [3.05, 3.63) is 71.3 Å². The molecule has 0 fully saturated rings. The number of hydrogen-bond acceptors (Lipinski definition) is 2. The van der Waals surface area contributed by atoms with E-state index in [0.29, 0.717) is 5.57 Å². The molecular formula is C17H16O2. The maximum absolute atomic E-state index is 11.9.